The van der Waals surface area contributed by atoms with Crippen molar-refractivity contribution in [1.82, 2.24) is 4.90 Å². The maximum atomic E-state index is 12.5. The van der Waals surface area contributed by atoms with E-state index >= 15 is 0 Å². The molecule has 0 spiro atoms. The minimum absolute atomic E-state index is 0.181. The van der Waals surface area contributed by atoms with Gasteiger partial charge in [-0.1, -0.05) is 12.1 Å². The van der Waals surface area contributed by atoms with Gasteiger partial charge in [0.15, 0.2) is 12.1 Å². The van der Waals surface area contributed by atoms with Crippen LogP contribution in [0.5, 0.6) is 5.75 Å². The summed E-state index contributed by atoms with van der Waals surface area (Å²) >= 11 is 0. The summed E-state index contributed by atoms with van der Waals surface area (Å²) in [7, 11) is 1.13. The lowest BCUT2D eigenvalue weighted by Gasteiger charge is -2.25. The van der Waals surface area contributed by atoms with Gasteiger partial charge in [-0.2, -0.15) is 4.90 Å². The predicted octanol–water partition coefficient (Wildman–Crippen LogP) is 3.97. The van der Waals surface area contributed by atoms with Gasteiger partial charge >= 0.3 is 24.3 Å². The molecule has 10 heteroatoms. The molecule has 170 valence electrons. The number of cyclic esters (lactones) is 1. The molecule has 31 heavy (non-hydrogen) atoms. The summed E-state index contributed by atoms with van der Waals surface area (Å²) in [5, 5.41) is 0. The van der Waals surface area contributed by atoms with E-state index in [1.54, 1.807) is 41.5 Å². The molecule has 2 atom stereocenters. The van der Waals surface area contributed by atoms with Crippen molar-refractivity contribution in [3.63, 3.8) is 0 Å². The molecule has 1 aliphatic rings. The van der Waals surface area contributed by atoms with Crippen molar-refractivity contribution in [1.29, 1.82) is 0 Å². The van der Waals surface area contributed by atoms with E-state index in [1.165, 1.54) is 24.3 Å². The molecule has 0 aliphatic carbocycles. The SMILES string of the molecule is COC(=O)[C@@H]1[C@H](c2ccc(OC(=O)OC(C)(C)C)cc2)OC(=O)N1C(=O)OC(C)(C)C. The van der Waals surface area contributed by atoms with Gasteiger partial charge < -0.3 is 23.7 Å². The molecule has 1 aromatic rings. The first-order valence-electron chi connectivity index (χ1n) is 9.53. The van der Waals surface area contributed by atoms with Crippen LogP contribution in [0.4, 0.5) is 14.4 Å². The maximum Gasteiger partial charge on any atom is 0.514 e. The van der Waals surface area contributed by atoms with E-state index in [0.29, 0.717) is 10.5 Å². The number of carbonyl (C=O) groups excluding carboxylic acids is 4. The monoisotopic (exact) mass is 437 g/mol. The molecular formula is C21H27NO9. The van der Waals surface area contributed by atoms with Crippen LogP contribution in [0.2, 0.25) is 0 Å². The van der Waals surface area contributed by atoms with Crippen LogP contribution in [0, 0.1) is 0 Å². The number of carbonyl (C=O) groups is 4. The van der Waals surface area contributed by atoms with Gasteiger partial charge in [-0.05, 0) is 59.2 Å². The van der Waals surface area contributed by atoms with Crippen LogP contribution in [0.3, 0.4) is 0 Å². The van der Waals surface area contributed by atoms with E-state index in [0.717, 1.165) is 7.11 Å². The third-order valence-corrected chi connectivity index (χ3v) is 3.82. The lowest BCUT2D eigenvalue weighted by Crippen LogP contribution is -2.47. The number of nitrogens with zero attached hydrogens (tertiary/aromatic N) is 1. The van der Waals surface area contributed by atoms with Crippen LogP contribution < -0.4 is 4.74 Å². The maximum absolute atomic E-state index is 12.5. The number of esters is 1. The highest BCUT2D eigenvalue weighted by Gasteiger charge is 2.52. The summed E-state index contributed by atoms with van der Waals surface area (Å²) in [6.07, 6.45) is -4.08. The standard InChI is InChI=1S/C21H27NO9/c1-20(2,3)30-18(25)22-14(16(23)27-7)15(29-17(22)24)12-8-10-13(11-9-12)28-19(26)31-21(4,5)6/h8-11,14-15H,1-7H3/t14-,15-/m0/s1. The number of imide groups is 1. The average molecular weight is 437 g/mol. The molecule has 0 bridgehead atoms. The molecule has 1 heterocycles. The molecule has 2 rings (SSSR count). The fourth-order valence-electron chi connectivity index (χ4n) is 2.67. The molecule has 0 radical (unpaired) electrons. The molecule has 1 fully saturated rings. The smallest absolute Gasteiger partial charge is 0.467 e. The highest BCUT2D eigenvalue weighted by molar-refractivity contribution is 5.96. The van der Waals surface area contributed by atoms with Crippen LogP contribution in [0.15, 0.2) is 24.3 Å². The second-order valence-electron chi connectivity index (χ2n) is 8.76. The molecule has 10 nitrogen and oxygen atoms in total. The number of hydrogen-bond donors (Lipinski definition) is 0. The van der Waals surface area contributed by atoms with Gasteiger partial charge in [0, 0.05) is 0 Å². The number of hydrogen-bond acceptors (Lipinski definition) is 9. The summed E-state index contributed by atoms with van der Waals surface area (Å²) in [6, 6.07) is 4.48. The van der Waals surface area contributed by atoms with E-state index in [1.807, 2.05) is 0 Å². The summed E-state index contributed by atoms with van der Waals surface area (Å²) in [5.74, 6) is -0.670. The summed E-state index contributed by atoms with van der Waals surface area (Å²) in [4.78, 5) is 49.6. The largest absolute Gasteiger partial charge is 0.514 e. The van der Waals surface area contributed by atoms with Gasteiger partial charge in [-0.15, -0.1) is 0 Å². The normalized spacial score (nSPS) is 18.8. The van der Waals surface area contributed by atoms with Crippen molar-refractivity contribution in [2.45, 2.75) is 64.9 Å². The van der Waals surface area contributed by atoms with E-state index < -0.39 is 47.7 Å². The quantitative estimate of drug-likeness (QED) is 0.393. The first-order chi connectivity index (χ1) is 14.2. The van der Waals surface area contributed by atoms with E-state index in [2.05, 4.69) is 0 Å². The molecule has 0 aromatic heterocycles. The average Bonchev–Trinajstić information content (AvgIpc) is 2.96. The fraction of sp³-hybridized carbons (Fsp3) is 0.524. The molecule has 0 saturated carbocycles. The number of benzene rings is 1. The van der Waals surface area contributed by atoms with E-state index in [9.17, 15) is 19.2 Å². The van der Waals surface area contributed by atoms with Crippen molar-refractivity contribution in [2.75, 3.05) is 7.11 Å². The van der Waals surface area contributed by atoms with Gasteiger partial charge in [0.2, 0.25) is 0 Å². The molecule has 1 aromatic carbocycles. The third kappa shape index (κ3) is 6.34. The Kier molecular flexibility index (Phi) is 6.83. The Bertz CT molecular complexity index is 849. The minimum Gasteiger partial charge on any atom is -0.467 e. The lowest BCUT2D eigenvalue weighted by atomic mass is 10.0. The predicted molar refractivity (Wildman–Crippen MR) is 106 cm³/mol. The molecule has 1 saturated heterocycles. The number of rotatable bonds is 3. The van der Waals surface area contributed by atoms with Crippen LogP contribution in [0.25, 0.3) is 0 Å². The molecular weight excluding hydrogens is 410 g/mol. The zero-order chi connectivity index (χ0) is 23.6. The lowest BCUT2D eigenvalue weighted by molar-refractivity contribution is -0.146. The number of amides is 2. The van der Waals surface area contributed by atoms with Gasteiger partial charge in [-0.25, -0.2) is 19.2 Å². The molecule has 0 unspecified atom stereocenters. The Labute approximate surface area is 180 Å². The first-order valence-corrected chi connectivity index (χ1v) is 9.53. The van der Waals surface area contributed by atoms with Crippen molar-refractivity contribution in [2.24, 2.45) is 0 Å². The van der Waals surface area contributed by atoms with Crippen LogP contribution in [0.1, 0.15) is 53.2 Å². The van der Waals surface area contributed by atoms with Crippen molar-refractivity contribution < 1.29 is 42.9 Å². The summed E-state index contributed by atoms with van der Waals surface area (Å²) in [5.41, 5.74) is -1.23. The molecule has 1 aliphatic heterocycles. The Morgan fingerprint density at radius 2 is 1.48 bits per heavy atom. The topological polar surface area (TPSA) is 118 Å². The van der Waals surface area contributed by atoms with Crippen molar-refractivity contribution in [3.05, 3.63) is 29.8 Å². The Hall–Kier alpha value is -3.30. The third-order valence-electron chi connectivity index (χ3n) is 3.82. The number of methoxy groups -OCH3 is 1. The summed E-state index contributed by atoms with van der Waals surface area (Å²) < 4.78 is 25.4. The first kappa shape index (κ1) is 24.0. The zero-order valence-electron chi connectivity index (χ0n) is 18.6. The zero-order valence-corrected chi connectivity index (χ0v) is 18.6. The van der Waals surface area contributed by atoms with Crippen LogP contribution in [-0.4, -0.2) is 53.6 Å². The Morgan fingerprint density at radius 3 is 1.97 bits per heavy atom. The van der Waals surface area contributed by atoms with Crippen molar-refractivity contribution in [3.8, 4) is 5.75 Å². The highest BCUT2D eigenvalue weighted by Crippen LogP contribution is 2.35. The van der Waals surface area contributed by atoms with Crippen LogP contribution in [-0.2, 0) is 23.7 Å². The van der Waals surface area contributed by atoms with Gasteiger partial charge in [0.25, 0.3) is 0 Å². The second-order valence-corrected chi connectivity index (χ2v) is 8.76. The van der Waals surface area contributed by atoms with Gasteiger partial charge in [0.05, 0.1) is 7.11 Å². The van der Waals surface area contributed by atoms with Crippen LogP contribution >= 0.6 is 0 Å². The summed E-state index contributed by atoms with van der Waals surface area (Å²) in [6.45, 7) is 9.99. The van der Waals surface area contributed by atoms with E-state index in [-0.39, 0.29) is 5.75 Å². The van der Waals surface area contributed by atoms with Gasteiger partial charge in [0.1, 0.15) is 17.0 Å². The number of ether oxygens (including phenoxy) is 5. The van der Waals surface area contributed by atoms with Crippen molar-refractivity contribution >= 4 is 24.3 Å². The highest BCUT2D eigenvalue weighted by atomic mass is 16.7. The Morgan fingerprint density at radius 1 is 0.935 bits per heavy atom. The van der Waals surface area contributed by atoms with Gasteiger partial charge in [-0.3, -0.25) is 0 Å². The second kappa shape index (κ2) is 8.83. The van der Waals surface area contributed by atoms with E-state index in [4.69, 9.17) is 23.7 Å². The fourth-order valence-corrected chi connectivity index (χ4v) is 2.67. The molecule has 2 amide bonds. The molecule has 0 N–H and O–H groups in total. The minimum atomic E-state index is -1.38. The Balaban J connectivity index is 2.24.